The number of carboxylic acid groups (broad SMARTS) is 1. The van der Waals surface area contributed by atoms with Crippen molar-refractivity contribution in [2.75, 3.05) is 0 Å². The van der Waals surface area contributed by atoms with Gasteiger partial charge in [0.05, 0.1) is 5.92 Å². The van der Waals surface area contributed by atoms with Gasteiger partial charge in [0.15, 0.2) is 0 Å². The first-order valence-electron chi connectivity index (χ1n) is 5.65. The zero-order chi connectivity index (χ0) is 11.3. The van der Waals surface area contributed by atoms with Crippen LogP contribution in [0.25, 0.3) is 0 Å². The zero-order valence-electron chi connectivity index (χ0n) is 8.87. The monoisotopic (exact) mass is 236 g/mol. The molecule has 0 bridgehead atoms. The average molecular weight is 237 g/mol. The highest BCUT2D eigenvalue weighted by atomic mass is 35.5. The van der Waals surface area contributed by atoms with Crippen LogP contribution in [0.1, 0.15) is 30.4 Å². The summed E-state index contributed by atoms with van der Waals surface area (Å²) in [6.07, 6.45) is 3.63. The Morgan fingerprint density at radius 3 is 2.81 bits per heavy atom. The maximum absolute atomic E-state index is 11.3. The van der Waals surface area contributed by atoms with Crippen LogP contribution in [0.15, 0.2) is 18.2 Å². The summed E-state index contributed by atoms with van der Waals surface area (Å²) in [5.41, 5.74) is 2.39. The SMILES string of the molecule is O=C(O)C1CCc2ccc(Cl)cc2C12CC2. The van der Waals surface area contributed by atoms with Gasteiger partial charge >= 0.3 is 5.97 Å². The standard InChI is InChI=1S/C13H13ClO2/c14-9-3-1-8-2-4-10(12(15)16)13(5-6-13)11(8)7-9/h1,3,7,10H,2,4-6H2,(H,15,16). The molecule has 1 aromatic rings. The van der Waals surface area contributed by atoms with Gasteiger partial charge in [0.2, 0.25) is 0 Å². The van der Waals surface area contributed by atoms with Gasteiger partial charge in [-0.3, -0.25) is 4.79 Å². The molecule has 1 aromatic carbocycles. The number of carboxylic acids is 1. The number of hydrogen-bond acceptors (Lipinski definition) is 1. The minimum absolute atomic E-state index is 0.0929. The highest BCUT2D eigenvalue weighted by molar-refractivity contribution is 6.30. The predicted molar refractivity (Wildman–Crippen MR) is 61.8 cm³/mol. The zero-order valence-corrected chi connectivity index (χ0v) is 9.63. The highest BCUT2D eigenvalue weighted by Gasteiger charge is 2.56. The molecule has 16 heavy (non-hydrogen) atoms. The summed E-state index contributed by atoms with van der Waals surface area (Å²) in [7, 11) is 0. The van der Waals surface area contributed by atoms with Crippen molar-refractivity contribution in [3.63, 3.8) is 0 Å². The molecule has 2 nitrogen and oxygen atoms in total. The lowest BCUT2D eigenvalue weighted by Crippen LogP contribution is -2.33. The maximum atomic E-state index is 11.3. The van der Waals surface area contributed by atoms with E-state index in [0.29, 0.717) is 0 Å². The molecule has 1 unspecified atom stereocenters. The lowest BCUT2D eigenvalue weighted by atomic mass is 9.72. The van der Waals surface area contributed by atoms with E-state index < -0.39 is 5.97 Å². The summed E-state index contributed by atoms with van der Waals surface area (Å²) in [5, 5.41) is 9.99. The molecule has 0 aliphatic heterocycles. The summed E-state index contributed by atoms with van der Waals surface area (Å²) in [5.74, 6) is -0.860. The highest BCUT2D eigenvalue weighted by Crippen LogP contribution is 2.58. The molecule has 2 aliphatic rings. The Balaban J connectivity index is 2.11. The Bertz CT molecular complexity index is 463. The Morgan fingerprint density at radius 2 is 2.19 bits per heavy atom. The summed E-state index contributed by atoms with van der Waals surface area (Å²) < 4.78 is 0. The fourth-order valence-corrected chi connectivity index (χ4v) is 3.28. The third kappa shape index (κ3) is 1.29. The van der Waals surface area contributed by atoms with Gasteiger partial charge in [-0.15, -0.1) is 0 Å². The van der Waals surface area contributed by atoms with Gasteiger partial charge in [0.1, 0.15) is 0 Å². The maximum Gasteiger partial charge on any atom is 0.307 e. The van der Waals surface area contributed by atoms with Crippen molar-refractivity contribution in [2.45, 2.75) is 31.1 Å². The molecule has 84 valence electrons. The normalized spacial score (nSPS) is 25.2. The molecule has 0 radical (unpaired) electrons. The molecule has 3 rings (SSSR count). The molecule has 0 saturated heterocycles. The average Bonchev–Trinajstić information content (AvgIpc) is 3.00. The lowest BCUT2D eigenvalue weighted by molar-refractivity contribution is -0.143. The van der Waals surface area contributed by atoms with Crippen LogP contribution in [0.5, 0.6) is 0 Å². The molecule has 2 aliphatic carbocycles. The number of aliphatic carboxylic acids is 1. The van der Waals surface area contributed by atoms with E-state index in [9.17, 15) is 9.90 Å². The van der Waals surface area contributed by atoms with Gasteiger partial charge in [-0.2, -0.15) is 0 Å². The van der Waals surface area contributed by atoms with Crippen molar-refractivity contribution in [1.82, 2.24) is 0 Å². The molecule has 0 aromatic heterocycles. The Morgan fingerprint density at radius 1 is 1.44 bits per heavy atom. The van der Waals surface area contributed by atoms with Crippen LogP contribution in [0.3, 0.4) is 0 Å². The van der Waals surface area contributed by atoms with Crippen LogP contribution < -0.4 is 0 Å². The van der Waals surface area contributed by atoms with E-state index in [1.807, 2.05) is 12.1 Å². The van der Waals surface area contributed by atoms with Crippen LogP contribution >= 0.6 is 11.6 Å². The van der Waals surface area contributed by atoms with E-state index in [4.69, 9.17) is 11.6 Å². The number of fused-ring (bicyclic) bond motifs is 2. The van der Waals surface area contributed by atoms with Crippen molar-refractivity contribution in [2.24, 2.45) is 5.92 Å². The molecule has 1 N–H and O–H groups in total. The van der Waals surface area contributed by atoms with Crippen molar-refractivity contribution < 1.29 is 9.90 Å². The minimum atomic E-state index is -0.650. The Kier molecular flexibility index (Phi) is 2.05. The second kappa shape index (κ2) is 3.24. The van der Waals surface area contributed by atoms with Gasteiger partial charge < -0.3 is 5.11 Å². The smallest absolute Gasteiger partial charge is 0.307 e. The second-order valence-corrected chi connectivity index (χ2v) is 5.32. The van der Waals surface area contributed by atoms with Crippen molar-refractivity contribution in [3.05, 3.63) is 34.3 Å². The molecule has 1 saturated carbocycles. The van der Waals surface area contributed by atoms with Crippen molar-refractivity contribution in [3.8, 4) is 0 Å². The fourth-order valence-electron chi connectivity index (χ4n) is 3.11. The summed E-state index contributed by atoms with van der Waals surface area (Å²) in [6.45, 7) is 0. The second-order valence-electron chi connectivity index (χ2n) is 4.89. The van der Waals surface area contributed by atoms with Crippen LogP contribution in [0.4, 0.5) is 0 Å². The third-order valence-electron chi connectivity index (χ3n) is 4.06. The quantitative estimate of drug-likeness (QED) is 0.814. The van der Waals surface area contributed by atoms with E-state index in [1.165, 1.54) is 11.1 Å². The molecular weight excluding hydrogens is 224 g/mol. The van der Waals surface area contributed by atoms with E-state index in [0.717, 1.165) is 30.7 Å². The Labute approximate surface area is 99.2 Å². The largest absolute Gasteiger partial charge is 0.481 e. The first-order valence-corrected chi connectivity index (χ1v) is 6.03. The first kappa shape index (κ1) is 10.2. The Hall–Kier alpha value is -1.02. The number of carbonyl (C=O) groups is 1. The van der Waals surface area contributed by atoms with Crippen molar-refractivity contribution in [1.29, 1.82) is 0 Å². The van der Waals surface area contributed by atoms with Gasteiger partial charge in [0.25, 0.3) is 0 Å². The third-order valence-corrected chi connectivity index (χ3v) is 4.30. The number of benzene rings is 1. The molecule has 1 fully saturated rings. The van der Waals surface area contributed by atoms with E-state index in [1.54, 1.807) is 0 Å². The van der Waals surface area contributed by atoms with Crippen molar-refractivity contribution >= 4 is 17.6 Å². The van der Waals surface area contributed by atoms with Gasteiger partial charge in [0, 0.05) is 10.4 Å². The first-order chi connectivity index (χ1) is 7.63. The fraction of sp³-hybridized carbons (Fsp3) is 0.462. The minimum Gasteiger partial charge on any atom is -0.481 e. The number of halogens is 1. The number of rotatable bonds is 1. The number of hydrogen-bond donors (Lipinski definition) is 1. The van der Waals surface area contributed by atoms with Crippen LogP contribution in [-0.4, -0.2) is 11.1 Å². The molecule has 0 amide bonds. The molecule has 1 atom stereocenters. The summed E-state index contributed by atoms with van der Waals surface area (Å²) in [6, 6.07) is 5.92. The molecular formula is C13H13ClO2. The topological polar surface area (TPSA) is 37.3 Å². The lowest BCUT2D eigenvalue weighted by Gasteiger charge is -2.31. The van der Waals surface area contributed by atoms with E-state index in [-0.39, 0.29) is 11.3 Å². The van der Waals surface area contributed by atoms with Gasteiger partial charge in [-0.05, 0) is 48.9 Å². The van der Waals surface area contributed by atoms with Gasteiger partial charge in [-0.25, -0.2) is 0 Å². The van der Waals surface area contributed by atoms with Crippen LogP contribution in [0, 0.1) is 5.92 Å². The van der Waals surface area contributed by atoms with Crippen LogP contribution in [0.2, 0.25) is 5.02 Å². The van der Waals surface area contributed by atoms with Crippen LogP contribution in [-0.2, 0) is 16.6 Å². The summed E-state index contributed by atoms with van der Waals surface area (Å²) >= 11 is 6.01. The summed E-state index contributed by atoms with van der Waals surface area (Å²) in [4.78, 5) is 11.3. The molecule has 3 heteroatoms. The van der Waals surface area contributed by atoms with E-state index in [2.05, 4.69) is 6.07 Å². The predicted octanol–water partition coefficient (Wildman–Crippen LogP) is 3.02. The molecule has 1 spiro atoms. The van der Waals surface area contributed by atoms with Gasteiger partial charge in [-0.1, -0.05) is 17.7 Å². The number of aryl methyl sites for hydroxylation is 1. The van der Waals surface area contributed by atoms with E-state index >= 15 is 0 Å². The molecule has 0 heterocycles.